The van der Waals surface area contributed by atoms with E-state index < -0.39 is 0 Å². The van der Waals surface area contributed by atoms with Crippen LogP contribution in [0.5, 0.6) is 5.75 Å². The monoisotopic (exact) mass is 287 g/mol. The van der Waals surface area contributed by atoms with E-state index in [-0.39, 0.29) is 5.91 Å². The van der Waals surface area contributed by atoms with Crippen LogP contribution in [0.25, 0.3) is 0 Å². The molecule has 0 atom stereocenters. The number of anilines is 1. The number of piperazine rings is 1. The number of nitrogens with zero attached hydrogens (tertiary/aromatic N) is 2. The number of nitrogens with one attached hydrogen (secondary N) is 1. The molecule has 0 spiro atoms. The Morgan fingerprint density at radius 3 is 2.52 bits per heavy atom. The zero-order valence-corrected chi connectivity index (χ0v) is 12.3. The van der Waals surface area contributed by atoms with E-state index in [2.05, 4.69) is 33.2 Å². The maximum atomic E-state index is 11.6. The highest BCUT2D eigenvalue weighted by Gasteiger charge is 2.18. The van der Waals surface area contributed by atoms with Crippen LogP contribution in [-0.2, 0) is 4.79 Å². The van der Waals surface area contributed by atoms with Crippen molar-refractivity contribution >= 4 is 11.6 Å². The summed E-state index contributed by atoms with van der Waals surface area (Å²) in [5.41, 5.74) is 1.19. The fourth-order valence-corrected chi connectivity index (χ4v) is 2.37. The SMILES string of the molecule is C#CCNC(=O)CN1CCN(c2ccc(OC)cc2)CC1. The topological polar surface area (TPSA) is 44.8 Å². The van der Waals surface area contributed by atoms with Gasteiger partial charge in [-0.2, -0.15) is 0 Å². The molecule has 1 aromatic rings. The number of ether oxygens (including phenoxy) is 1. The molecule has 21 heavy (non-hydrogen) atoms. The van der Waals surface area contributed by atoms with Gasteiger partial charge in [0.1, 0.15) is 5.75 Å². The Morgan fingerprint density at radius 1 is 1.29 bits per heavy atom. The number of carbonyl (C=O) groups excluding carboxylic acids is 1. The van der Waals surface area contributed by atoms with Crippen LogP contribution < -0.4 is 15.0 Å². The predicted octanol–water partition coefficient (Wildman–Crippen LogP) is 0.567. The first-order valence-electron chi connectivity index (χ1n) is 7.04. The number of amides is 1. The number of benzene rings is 1. The average Bonchev–Trinajstić information content (AvgIpc) is 2.54. The zero-order chi connectivity index (χ0) is 15.1. The second-order valence-corrected chi connectivity index (χ2v) is 4.94. The Bertz CT molecular complexity index is 499. The van der Waals surface area contributed by atoms with Crippen molar-refractivity contribution < 1.29 is 9.53 Å². The molecule has 1 aliphatic rings. The third kappa shape index (κ3) is 4.40. The van der Waals surface area contributed by atoms with Crippen LogP contribution in [0, 0.1) is 12.3 Å². The Labute approximate surface area is 125 Å². The Kier molecular flexibility index (Phi) is 5.47. The summed E-state index contributed by atoms with van der Waals surface area (Å²) in [5.74, 6) is 3.26. The molecule has 1 heterocycles. The maximum absolute atomic E-state index is 11.6. The van der Waals surface area contributed by atoms with Gasteiger partial charge in [0.25, 0.3) is 0 Å². The van der Waals surface area contributed by atoms with Crippen molar-refractivity contribution in [3.63, 3.8) is 0 Å². The molecule has 5 heteroatoms. The highest BCUT2D eigenvalue weighted by atomic mass is 16.5. The summed E-state index contributed by atoms with van der Waals surface area (Å²) >= 11 is 0. The molecule has 1 saturated heterocycles. The molecule has 0 radical (unpaired) electrons. The third-order valence-electron chi connectivity index (χ3n) is 3.56. The number of terminal acetylenes is 1. The zero-order valence-electron chi connectivity index (χ0n) is 12.3. The molecule has 0 aromatic heterocycles. The van der Waals surface area contributed by atoms with Crippen molar-refractivity contribution in [2.24, 2.45) is 0 Å². The number of rotatable bonds is 5. The summed E-state index contributed by atoms with van der Waals surface area (Å²) in [5, 5.41) is 2.69. The molecule has 112 valence electrons. The molecular formula is C16H21N3O2. The van der Waals surface area contributed by atoms with Gasteiger partial charge in [-0.3, -0.25) is 9.69 Å². The highest BCUT2D eigenvalue weighted by Crippen LogP contribution is 2.20. The molecule has 0 saturated carbocycles. The Balaban J connectivity index is 1.80. The summed E-state index contributed by atoms with van der Waals surface area (Å²) in [6, 6.07) is 8.06. The van der Waals surface area contributed by atoms with E-state index in [1.165, 1.54) is 5.69 Å². The normalized spacial score (nSPS) is 15.3. The first-order chi connectivity index (χ1) is 10.2. The van der Waals surface area contributed by atoms with Crippen molar-refractivity contribution in [1.29, 1.82) is 0 Å². The lowest BCUT2D eigenvalue weighted by molar-refractivity contribution is -0.122. The first-order valence-corrected chi connectivity index (χ1v) is 7.04. The van der Waals surface area contributed by atoms with Gasteiger partial charge < -0.3 is 15.0 Å². The minimum absolute atomic E-state index is 0.00847. The van der Waals surface area contributed by atoms with Gasteiger partial charge in [-0.1, -0.05) is 5.92 Å². The summed E-state index contributed by atoms with van der Waals surface area (Å²) in [6.45, 7) is 4.28. The third-order valence-corrected chi connectivity index (χ3v) is 3.56. The molecule has 0 unspecified atom stereocenters. The quantitative estimate of drug-likeness (QED) is 0.804. The van der Waals surface area contributed by atoms with Crippen molar-refractivity contribution in [3.8, 4) is 18.1 Å². The van der Waals surface area contributed by atoms with E-state index in [1.54, 1.807) is 7.11 Å². The lowest BCUT2D eigenvalue weighted by atomic mass is 10.2. The second kappa shape index (κ2) is 7.55. The maximum Gasteiger partial charge on any atom is 0.234 e. The van der Waals surface area contributed by atoms with Crippen molar-refractivity contribution in [3.05, 3.63) is 24.3 Å². The molecule has 2 rings (SSSR count). The van der Waals surface area contributed by atoms with Crippen LogP contribution >= 0.6 is 0 Å². The van der Waals surface area contributed by atoms with Gasteiger partial charge in [0.2, 0.25) is 5.91 Å². The molecule has 0 aliphatic carbocycles. The molecular weight excluding hydrogens is 266 g/mol. The molecule has 0 bridgehead atoms. The van der Waals surface area contributed by atoms with Gasteiger partial charge in [-0.05, 0) is 24.3 Å². The number of carbonyl (C=O) groups is 1. The fourth-order valence-electron chi connectivity index (χ4n) is 2.37. The van der Waals surface area contributed by atoms with Gasteiger partial charge in [-0.15, -0.1) is 6.42 Å². The standard InChI is InChI=1S/C16H21N3O2/c1-3-8-17-16(20)13-18-9-11-19(12-10-18)14-4-6-15(21-2)7-5-14/h1,4-7H,8-13H2,2H3,(H,17,20). The summed E-state index contributed by atoms with van der Waals surface area (Å²) < 4.78 is 5.16. The minimum Gasteiger partial charge on any atom is -0.497 e. The number of methoxy groups -OCH3 is 1. The minimum atomic E-state index is -0.00847. The van der Waals surface area contributed by atoms with Gasteiger partial charge in [-0.25, -0.2) is 0 Å². The van der Waals surface area contributed by atoms with E-state index in [0.717, 1.165) is 31.9 Å². The van der Waals surface area contributed by atoms with Crippen LogP contribution in [0.1, 0.15) is 0 Å². The van der Waals surface area contributed by atoms with Gasteiger partial charge in [0, 0.05) is 31.9 Å². The second-order valence-electron chi connectivity index (χ2n) is 4.94. The lowest BCUT2D eigenvalue weighted by Gasteiger charge is -2.35. The van der Waals surface area contributed by atoms with Crippen LogP contribution in [0.15, 0.2) is 24.3 Å². The van der Waals surface area contributed by atoms with Gasteiger partial charge >= 0.3 is 0 Å². The fraction of sp³-hybridized carbons (Fsp3) is 0.438. The molecule has 5 nitrogen and oxygen atoms in total. The van der Waals surface area contributed by atoms with Crippen LogP contribution in [0.3, 0.4) is 0 Å². The number of hydrogen-bond acceptors (Lipinski definition) is 4. The number of hydrogen-bond donors (Lipinski definition) is 1. The summed E-state index contributed by atoms with van der Waals surface area (Å²) in [7, 11) is 1.67. The predicted molar refractivity (Wildman–Crippen MR) is 83.5 cm³/mol. The Morgan fingerprint density at radius 2 is 1.95 bits per heavy atom. The van der Waals surface area contributed by atoms with E-state index in [0.29, 0.717) is 13.1 Å². The highest BCUT2D eigenvalue weighted by molar-refractivity contribution is 5.78. The smallest absolute Gasteiger partial charge is 0.234 e. The lowest BCUT2D eigenvalue weighted by Crippen LogP contribution is -2.49. The van der Waals surface area contributed by atoms with Crippen molar-refractivity contribution in [2.45, 2.75) is 0 Å². The molecule has 1 amide bonds. The average molecular weight is 287 g/mol. The van der Waals surface area contributed by atoms with Crippen LogP contribution in [-0.4, -0.2) is 57.2 Å². The molecule has 1 aliphatic heterocycles. The van der Waals surface area contributed by atoms with Crippen LogP contribution in [0.2, 0.25) is 0 Å². The summed E-state index contributed by atoms with van der Waals surface area (Å²) in [6.07, 6.45) is 5.12. The van der Waals surface area contributed by atoms with Gasteiger partial charge in [0.05, 0.1) is 20.2 Å². The van der Waals surface area contributed by atoms with Crippen LogP contribution in [0.4, 0.5) is 5.69 Å². The van der Waals surface area contributed by atoms with Crippen molar-refractivity contribution in [2.75, 3.05) is 51.3 Å². The van der Waals surface area contributed by atoms with E-state index in [1.807, 2.05) is 12.1 Å². The van der Waals surface area contributed by atoms with E-state index in [4.69, 9.17) is 11.2 Å². The summed E-state index contributed by atoms with van der Waals surface area (Å²) in [4.78, 5) is 16.1. The first kappa shape index (κ1) is 15.2. The molecule has 1 fully saturated rings. The van der Waals surface area contributed by atoms with E-state index >= 15 is 0 Å². The molecule has 1 N–H and O–H groups in total. The van der Waals surface area contributed by atoms with Gasteiger partial charge in [0.15, 0.2) is 0 Å². The van der Waals surface area contributed by atoms with E-state index in [9.17, 15) is 4.79 Å². The van der Waals surface area contributed by atoms with Crippen molar-refractivity contribution in [1.82, 2.24) is 10.2 Å². The largest absolute Gasteiger partial charge is 0.497 e. The Hall–Kier alpha value is -2.19. The molecule has 1 aromatic carbocycles.